The number of aliphatic hydroxyl groups is 1. The zero-order valence-corrected chi connectivity index (χ0v) is 70.0. The summed E-state index contributed by atoms with van der Waals surface area (Å²) in [4.78, 5) is 86.3. The molecule has 40 heteroatoms. The molecule has 3 aliphatic rings. The third-order valence-corrected chi connectivity index (χ3v) is 19.2. The number of morpholine rings is 1. The number of carbonyl (C=O) groups excluding carboxylic acids is 6. The number of aliphatic carboxylic acids is 1. The van der Waals surface area contributed by atoms with Gasteiger partial charge in [0.05, 0.1) is 33.7 Å². The van der Waals surface area contributed by atoms with Gasteiger partial charge in [-0.1, -0.05) is 188 Å². The number of thiophene rings is 1. The minimum Gasteiger partial charge on any atom is -0.771 e. The van der Waals surface area contributed by atoms with Gasteiger partial charge in [0.25, 0.3) is 12.2 Å². The number of carbonyl (C=O) groups is 7. The Morgan fingerprint density at radius 1 is 0.638 bits per heavy atom. The molecule has 0 bridgehead atoms. The predicted molar refractivity (Wildman–Crippen MR) is 457 cm³/mol. The van der Waals surface area contributed by atoms with E-state index in [1.54, 1.807) is 84.4 Å². The first-order valence-electron chi connectivity index (χ1n) is 32.7. The molecule has 2 saturated heterocycles. The van der Waals surface area contributed by atoms with Crippen molar-refractivity contribution in [1.82, 2.24) is 20.4 Å². The Morgan fingerprint density at radius 3 is 1.27 bits per heavy atom. The number of aryl methyl sites for hydroxylation is 3. The summed E-state index contributed by atoms with van der Waals surface area (Å²) in [5, 5.41) is 43.0. The number of ketones is 2. The van der Waals surface area contributed by atoms with Gasteiger partial charge in [-0.05, 0) is 186 Å². The van der Waals surface area contributed by atoms with E-state index in [0.717, 1.165) is 96.1 Å². The van der Waals surface area contributed by atoms with Gasteiger partial charge in [0.1, 0.15) is 28.9 Å². The number of ether oxygens (including phenoxy) is 1. The molecular formula is C76H120ClN5O26S8-6. The number of carboxylic acids is 1. The summed E-state index contributed by atoms with van der Waals surface area (Å²) in [5.41, 5.74) is 2.73. The second kappa shape index (κ2) is 77.9. The van der Waals surface area contributed by atoms with Crippen molar-refractivity contribution in [3.05, 3.63) is 171 Å². The Balaban J connectivity index is -0.000000132. The van der Waals surface area contributed by atoms with Crippen LogP contribution in [-0.4, -0.2) is 189 Å². The van der Waals surface area contributed by atoms with Crippen molar-refractivity contribution in [2.24, 2.45) is 11.3 Å². The van der Waals surface area contributed by atoms with Crippen molar-refractivity contribution in [1.29, 1.82) is 0 Å². The van der Waals surface area contributed by atoms with E-state index in [9.17, 15) is 87.5 Å². The van der Waals surface area contributed by atoms with Crippen molar-refractivity contribution in [2.75, 3.05) is 65.7 Å². The largest absolute Gasteiger partial charge is 0.771 e. The number of nitro groups is 1. The number of hydrogen-bond donors (Lipinski definition) is 5. The molecule has 8 atom stereocenters. The van der Waals surface area contributed by atoms with E-state index in [1.165, 1.54) is 37.6 Å². The molecule has 1 aromatic heterocycles. The number of unbranched alkanes of at least 4 members (excludes halogenated alkanes) is 1. The van der Waals surface area contributed by atoms with Crippen molar-refractivity contribution >= 4 is 148 Å². The molecule has 31 nitrogen and oxygen atoms in total. The highest BCUT2D eigenvalue weighted by Gasteiger charge is 2.33. The van der Waals surface area contributed by atoms with Gasteiger partial charge in [0, 0.05) is 88.7 Å². The molecule has 2 aliphatic heterocycles. The van der Waals surface area contributed by atoms with Crippen LogP contribution in [0.4, 0.5) is 10.5 Å². The average molecular weight is 1810 g/mol. The monoisotopic (exact) mass is 1810 g/mol. The van der Waals surface area contributed by atoms with E-state index in [4.69, 9.17) is 44.7 Å². The molecule has 116 heavy (non-hydrogen) atoms. The summed E-state index contributed by atoms with van der Waals surface area (Å²) in [5.74, 6) is -2.59. The fourth-order valence-corrected chi connectivity index (χ4v) is 11.0. The molecule has 666 valence electrons. The van der Waals surface area contributed by atoms with E-state index in [-0.39, 0.29) is 96.7 Å². The van der Waals surface area contributed by atoms with Gasteiger partial charge in [-0.15, -0.1) is 11.3 Å². The highest BCUT2D eigenvalue weighted by Crippen LogP contribution is 2.31. The average Bonchev–Trinajstić information content (AvgIpc) is 0.948. The van der Waals surface area contributed by atoms with E-state index in [2.05, 4.69) is 31.4 Å². The van der Waals surface area contributed by atoms with Gasteiger partial charge in [0.2, 0.25) is 11.8 Å². The highest BCUT2D eigenvalue weighted by atomic mass is 35.5. The molecule has 9 rings (SSSR count). The smallest absolute Gasteiger partial charge is 0.332 e. The SMILES string of the molecule is C.C.C.C.C.C.C1COCCN1.CC1(C)CC(=O)CC(=O)C1.CCCCC(CC)C(=O)[O-].CCNCC.CN1C(=O)CC(=O)N(C)C1=O.CS(=O)c1ccccc1.Cc1ccc(S(=O)O)cc1.Cc1ccc(S(=O)[O-])cc1.Cc1ccc(S(=O)[O-])cc1.O=CO.O=S([O-])CO.O=S([O-])c1cccs1.O=[N+]([O-])c1cc(S(=O)[O-])ccc1Cl. The van der Waals surface area contributed by atoms with Gasteiger partial charge >= 0.3 is 6.03 Å². The number of benzene rings is 5. The van der Waals surface area contributed by atoms with E-state index in [0.29, 0.717) is 38.2 Å². The van der Waals surface area contributed by atoms with Crippen LogP contribution in [0.2, 0.25) is 5.02 Å². The lowest BCUT2D eigenvalue weighted by Crippen LogP contribution is -2.51. The first-order chi connectivity index (χ1) is 51.6. The minimum atomic E-state index is -2.48. The van der Waals surface area contributed by atoms with Crippen LogP contribution in [0.15, 0.2) is 168 Å². The summed E-state index contributed by atoms with van der Waals surface area (Å²) >= 11 is -6.11. The zero-order chi connectivity index (χ0) is 85.1. The molecule has 1 aliphatic carbocycles. The lowest BCUT2D eigenvalue weighted by atomic mass is 9.76. The summed E-state index contributed by atoms with van der Waals surface area (Å²) in [7, 11) is 1.88. The Bertz CT molecular complexity index is 3630. The number of halogens is 1. The second-order valence-electron chi connectivity index (χ2n) is 22.8. The quantitative estimate of drug-likeness (QED) is 0.0209. The first-order valence-corrected chi connectivity index (χ1v) is 42.1. The predicted octanol–water partition coefficient (Wildman–Crippen LogP) is 12.2. The molecule has 1 saturated carbocycles. The van der Waals surface area contributed by atoms with Crippen LogP contribution in [0.5, 0.6) is 0 Å². The molecule has 5 N–H and O–H groups in total. The Kier molecular flexibility index (Phi) is 87.1. The lowest BCUT2D eigenvalue weighted by molar-refractivity contribution is -0.384. The van der Waals surface area contributed by atoms with Gasteiger partial charge in [-0.3, -0.25) is 69.1 Å². The third kappa shape index (κ3) is 68.0. The standard InChI is InChI=1S/C8H12O2.C8H16O2.3C7H8O2S.C7H8OS.C6H4ClNO4S.C6H8N2O3.C4H9NO.C4H11N.C4H4O2S2.CH4O3S.CH2O2.6CH4/c1-8(2)4-6(9)3-7(10)5-8;1-3-5-6-7(4-2)8(9)10;3*1-6-2-4-7(5-3-6)10(8)9;1-9(8)7-5-3-2-4-6-7;7-5-2-1-4(13(11)12)3-6(5)8(9)10;1-7-4(9)3-5(10)8(2)6(7)11;1-3-6-4-2-5-1;1-3-5-4-2;5-8(6)4-2-1-3-7-4;2-1-5(3)4;2-1-3;;;;;;/h3-5H2,1-2H3;7H,3-6H2,1-2H3,(H,9,10);3*2-5H,1H3,(H,8,9);2-6H,1H3;1-3H,(H,11,12);3H2,1-2H3;5H,1-4H2;5H,3-4H2,1-2H3;1-3H,(H,5,6);2H,1H2,(H,3,4);1H,(H,2,3);6*1H4/p-6. The molecule has 3 heterocycles. The summed E-state index contributed by atoms with van der Waals surface area (Å²) in [6.45, 7) is 23.6. The van der Waals surface area contributed by atoms with Crippen LogP contribution in [0.3, 0.4) is 0 Å². The number of carboxylic acid groups (broad SMARTS) is 2. The molecular weight excluding hydrogens is 1690 g/mol. The molecule has 8 unspecified atom stereocenters. The van der Waals surface area contributed by atoms with Crippen LogP contribution < -0.4 is 15.7 Å². The van der Waals surface area contributed by atoms with Crippen LogP contribution in [0, 0.1) is 42.2 Å². The van der Waals surface area contributed by atoms with E-state index < -0.39 is 118 Å². The number of hydrogen-bond acceptors (Lipinski definition) is 27. The van der Waals surface area contributed by atoms with Crippen LogP contribution in [0.1, 0.15) is 154 Å². The van der Waals surface area contributed by atoms with Gasteiger partial charge < -0.3 is 62.8 Å². The van der Waals surface area contributed by atoms with Gasteiger partial charge in [0.15, 0.2) is 11.1 Å². The van der Waals surface area contributed by atoms with Crippen molar-refractivity contribution < 1.29 is 115 Å². The number of nitro benzene ring substituents is 1. The molecule has 0 radical (unpaired) electrons. The maximum Gasteiger partial charge on any atom is 0.332 e. The summed E-state index contributed by atoms with van der Waals surface area (Å²) in [6, 6.07) is 35.7. The number of imide groups is 2. The number of nitrogens with zero attached hydrogens (tertiary/aromatic N) is 3. The number of Topliss-reactive ketones (excluding diaryl/α,β-unsaturated/α-hetero) is 2. The number of urea groups is 1. The summed E-state index contributed by atoms with van der Waals surface area (Å²) < 4.78 is 136. The molecule has 3 fully saturated rings. The Labute approximate surface area is 713 Å². The van der Waals surface area contributed by atoms with Crippen molar-refractivity contribution in [3.63, 3.8) is 0 Å². The van der Waals surface area contributed by atoms with E-state index >= 15 is 0 Å². The van der Waals surface area contributed by atoms with E-state index in [1.807, 2.05) is 84.0 Å². The van der Waals surface area contributed by atoms with Crippen LogP contribution in [-0.2, 0) is 111 Å². The fraction of sp³-hybridized carbons (Fsp3) is 0.461. The Morgan fingerprint density at radius 2 is 1.03 bits per heavy atom. The number of barbiturate groups is 1. The minimum absolute atomic E-state index is 0. The number of aliphatic hydroxyl groups excluding tert-OH is 1. The van der Waals surface area contributed by atoms with Crippen molar-refractivity contribution in [2.45, 2.75) is 187 Å². The number of nitrogens with one attached hydrogen (secondary N) is 2. The third-order valence-electron chi connectivity index (χ3n) is 13.2. The maximum atomic E-state index is 11.0. The van der Waals surface area contributed by atoms with Gasteiger partial charge in [-0.25, -0.2) is 9.00 Å². The highest BCUT2D eigenvalue weighted by molar-refractivity contribution is 7.84. The molecule has 5 aromatic carbocycles. The molecule has 4 amide bonds. The van der Waals surface area contributed by atoms with Crippen molar-refractivity contribution in [3.8, 4) is 0 Å². The normalized spacial score (nSPS) is 14.2. The first kappa shape index (κ1) is 130. The van der Waals surface area contributed by atoms with Gasteiger partial charge in [-0.2, -0.15) is 0 Å². The number of amides is 4. The zero-order valence-electron chi connectivity index (χ0n) is 62.8. The summed E-state index contributed by atoms with van der Waals surface area (Å²) in [6.07, 6.45) is 6.29. The molecule has 0 spiro atoms. The fourth-order valence-electron chi connectivity index (χ4n) is 7.64. The van der Waals surface area contributed by atoms with Crippen LogP contribution >= 0.6 is 22.9 Å². The maximum absolute atomic E-state index is 11.0. The Hall–Kier alpha value is -6.97. The molecule has 6 aromatic rings. The lowest BCUT2D eigenvalue weighted by Gasteiger charge is -2.26. The number of rotatable bonds is 15. The second-order valence-corrected chi connectivity index (χ2v) is 31.3. The van der Waals surface area contributed by atoms with Crippen LogP contribution in [0.25, 0.3) is 0 Å². The topological polar surface area (TPSA) is 521 Å².